The first-order valence-electron chi connectivity index (χ1n) is 9.19. The van der Waals surface area contributed by atoms with E-state index in [-0.39, 0.29) is 10.1 Å². The first-order valence-corrected chi connectivity index (χ1v) is 15.0. The van der Waals surface area contributed by atoms with E-state index in [0.717, 1.165) is 17.1 Å². The van der Waals surface area contributed by atoms with Crippen molar-refractivity contribution < 1.29 is 13.7 Å². The van der Waals surface area contributed by atoms with Gasteiger partial charge in [0.1, 0.15) is 5.75 Å². The molecule has 0 unspecified atom stereocenters. The maximum absolute atomic E-state index is 6.39. The van der Waals surface area contributed by atoms with Crippen molar-refractivity contribution in [3.05, 3.63) is 23.8 Å². The van der Waals surface area contributed by atoms with Crippen molar-refractivity contribution in [2.24, 2.45) is 5.16 Å². The molecule has 26 heavy (non-hydrogen) atoms. The third-order valence-electron chi connectivity index (χ3n) is 5.65. The van der Waals surface area contributed by atoms with Gasteiger partial charge in [0.2, 0.25) is 0 Å². The Bertz CT molecular complexity index is 641. The van der Waals surface area contributed by atoms with Crippen LogP contribution >= 0.6 is 0 Å². The highest BCUT2D eigenvalue weighted by molar-refractivity contribution is 6.75. The molecule has 1 rings (SSSR count). The summed E-state index contributed by atoms with van der Waals surface area (Å²) in [5.74, 6) is 1.52. The lowest BCUT2D eigenvalue weighted by Crippen LogP contribution is -2.43. The van der Waals surface area contributed by atoms with Gasteiger partial charge in [0.25, 0.3) is 16.6 Å². The summed E-state index contributed by atoms with van der Waals surface area (Å²) in [4.78, 5) is 0. The first-order chi connectivity index (χ1) is 11.6. The Morgan fingerprint density at radius 3 is 1.85 bits per heavy atom. The van der Waals surface area contributed by atoms with Crippen molar-refractivity contribution in [1.29, 1.82) is 0 Å². The lowest BCUT2D eigenvalue weighted by Gasteiger charge is -2.36. The van der Waals surface area contributed by atoms with Gasteiger partial charge in [-0.1, -0.05) is 41.5 Å². The maximum atomic E-state index is 6.39. The predicted molar refractivity (Wildman–Crippen MR) is 117 cm³/mol. The zero-order chi connectivity index (χ0) is 20.4. The second kappa shape index (κ2) is 7.76. The molecule has 4 nitrogen and oxygen atoms in total. The lowest BCUT2D eigenvalue weighted by atomic mass is 10.2. The van der Waals surface area contributed by atoms with Gasteiger partial charge in [0, 0.05) is 0 Å². The van der Waals surface area contributed by atoms with Crippen LogP contribution in [0.5, 0.6) is 11.5 Å². The van der Waals surface area contributed by atoms with E-state index >= 15 is 0 Å². The fourth-order valence-corrected chi connectivity index (χ4v) is 3.25. The molecule has 0 saturated heterocycles. The Kier molecular flexibility index (Phi) is 6.80. The van der Waals surface area contributed by atoms with E-state index in [4.69, 9.17) is 13.7 Å². The van der Waals surface area contributed by atoms with Gasteiger partial charge in [-0.3, -0.25) is 0 Å². The van der Waals surface area contributed by atoms with Crippen LogP contribution in [0, 0.1) is 0 Å². The molecular formula is C20H37NO3Si2. The third kappa shape index (κ3) is 5.61. The number of hydrogen-bond acceptors (Lipinski definition) is 4. The molecule has 0 aromatic heterocycles. The van der Waals surface area contributed by atoms with Gasteiger partial charge in [-0.05, 0) is 60.0 Å². The van der Waals surface area contributed by atoms with Crippen molar-refractivity contribution in [2.75, 3.05) is 7.11 Å². The van der Waals surface area contributed by atoms with Gasteiger partial charge < -0.3 is 13.7 Å². The maximum Gasteiger partial charge on any atom is 0.286 e. The third-order valence-corrected chi connectivity index (χ3v) is 14.2. The summed E-state index contributed by atoms with van der Waals surface area (Å²) < 4.78 is 17.8. The summed E-state index contributed by atoms with van der Waals surface area (Å²) in [5.41, 5.74) is 0.933. The summed E-state index contributed by atoms with van der Waals surface area (Å²) in [5, 5.41) is 4.51. The summed E-state index contributed by atoms with van der Waals surface area (Å²) in [7, 11) is -2.14. The molecule has 0 bridgehead atoms. The molecule has 0 N–H and O–H groups in total. The van der Waals surface area contributed by atoms with Crippen LogP contribution < -0.4 is 9.16 Å². The van der Waals surface area contributed by atoms with Crippen LogP contribution in [-0.4, -0.2) is 30.0 Å². The minimum Gasteiger partial charge on any atom is -0.541 e. The fourth-order valence-electron chi connectivity index (χ4n) is 1.63. The highest BCUT2D eigenvalue weighted by Crippen LogP contribution is 2.40. The van der Waals surface area contributed by atoms with Gasteiger partial charge in [-0.25, -0.2) is 0 Å². The van der Waals surface area contributed by atoms with Gasteiger partial charge in [0.15, 0.2) is 5.75 Å². The second-order valence-electron chi connectivity index (χ2n) is 9.86. The van der Waals surface area contributed by atoms with Gasteiger partial charge in [-0.2, -0.15) is 0 Å². The monoisotopic (exact) mass is 395 g/mol. The molecular weight excluding hydrogens is 358 g/mol. The Balaban J connectivity index is 2.98. The van der Waals surface area contributed by atoms with Crippen LogP contribution in [0.2, 0.25) is 36.3 Å². The number of rotatable bonds is 6. The number of ether oxygens (including phenoxy) is 1. The highest BCUT2D eigenvalue weighted by Gasteiger charge is 2.40. The van der Waals surface area contributed by atoms with E-state index in [1.165, 1.54) is 0 Å². The van der Waals surface area contributed by atoms with Gasteiger partial charge >= 0.3 is 0 Å². The Morgan fingerprint density at radius 1 is 0.846 bits per heavy atom. The van der Waals surface area contributed by atoms with Crippen molar-refractivity contribution >= 4 is 22.8 Å². The number of hydrogen-bond donors (Lipinski definition) is 0. The van der Waals surface area contributed by atoms with Crippen molar-refractivity contribution in [2.45, 2.75) is 77.8 Å². The molecule has 0 saturated carbocycles. The Hall–Kier alpha value is -1.28. The Labute approximate surface area is 162 Å². The lowest BCUT2D eigenvalue weighted by molar-refractivity contribution is 0.310. The van der Waals surface area contributed by atoms with E-state index in [2.05, 4.69) is 72.9 Å². The molecule has 0 spiro atoms. The second-order valence-corrected chi connectivity index (χ2v) is 19.3. The van der Waals surface area contributed by atoms with Gasteiger partial charge in [0.05, 0.1) is 13.3 Å². The smallest absolute Gasteiger partial charge is 0.286 e. The number of methoxy groups -OCH3 is 1. The van der Waals surface area contributed by atoms with Crippen molar-refractivity contribution in [1.82, 2.24) is 0 Å². The van der Waals surface area contributed by atoms with Crippen LogP contribution in [0.1, 0.15) is 47.1 Å². The first kappa shape index (κ1) is 22.8. The minimum absolute atomic E-state index is 0.128. The summed E-state index contributed by atoms with van der Waals surface area (Å²) >= 11 is 0. The molecule has 148 valence electrons. The van der Waals surface area contributed by atoms with E-state index in [1.807, 2.05) is 18.2 Å². The molecule has 6 heteroatoms. The van der Waals surface area contributed by atoms with E-state index in [0.29, 0.717) is 0 Å². The normalized spacial score (nSPS) is 13.8. The molecule has 0 amide bonds. The Morgan fingerprint density at radius 2 is 1.38 bits per heavy atom. The molecule has 0 aliphatic rings. The summed E-state index contributed by atoms with van der Waals surface area (Å²) in [6, 6.07) is 5.90. The topological polar surface area (TPSA) is 40.0 Å². The zero-order valence-electron chi connectivity index (χ0n) is 18.5. The SMILES string of the molecule is COc1cc(/C=N\O[Si](C)(C)C(C)(C)C)ccc1O[Si](C)(C)C(C)(C)C. The van der Waals surface area contributed by atoms with E-state index < -0.39 is 16.6 Å². The van der Waals surface area contributed by atoms with Crippen LogP contribution in [0.3, 0.4) is 0 Å². The molecule has 0 heterocycles. The fraction of sp³-hybridized carbons (Fsp3) is 0.650. The molecule has 0 aliphatic carbocycles. The summed E-state index contributed by atoms with van der Waals surface area (Å²) in [6.07, 6.45) is 1.75. The van der Waals surface area contributed by atoms with E-state index in [9.17, 15) is 0 Å². The zero-order valence-corrected chi connectivity index (χ0v) is 20.5. The van der Waals surface area contributed by atoms with Crippen molar-refractivity contribution in [3.63, 3.8) is 0 Å². The highest BCUT2D eigenvalue weighted by atomic mass is 28.4. The molecule has 0 fully saturated rings. The quantitative estimate of drug-likeness (QED) is 0.316. The minimum atomic E-state index is -1.91. The van der Waals surface area contributed by atoms with Crippen LogP contribution in [0.25, 0.3) is 0 Å². The average Bonchev–Trinajstić information content (AvgIpc) is 2.45. The van der Waals surface area contributed by atoms with Crippen LogP contribution in [0.15, 0.2) is 23.4 Å². The molecule has 0 atom stereocenters. The molecule has 1 aromatic carbocycles. The van der Waals surface area contributed by atoms with Gasteiger partial charge in [-0.15, -0.1) is 5.16 Å². The van der Waals surface area contributed by atoms with E-state index in [1.54, 1.807) is 13.3 Å². The number of benzene rings is 1. The van der Waals surface area contributed by atoms with Crippen LogP contribution in [0.4, 0.5) is 0 Å². The summed E-state index contributed by atoms with van der Waals surface area (Å²) in [6.45, 7) is 22.1. The molecule has 0 radical (unpaired) electrons. The van der Waals surface area contributed by atoms with Crippen LogP contribution in [-0.2, 0) is 4.53 Å². The molecule has 1 aromatic rings. The molecule has 0 aliphatic heterocycles. The standard InChI is InChI=1S/C20H37NO3Si2/c1-19(2,3)25(8,9)23-17-13-12-16(14-18(17)22-7)15-21-24-26(10,11)20(4,5)6/h12-15H,1-11H3/b21-15-. The average molecular weight is 396 g/mol. The number of oxime groups is 1. The predicted octanol–water partition coefficient (Wildman–Crippen LogP) is 6.43. The largest absolute Gasteiger partial charge is 0.541 e. The number of nitrogens with zero attached hydrogens (tertiary/aromatic N) is 1. The van der Waals surface area contributed by atoms with Crippen molar-refractivity contribution in [3.8, 4) is 11.5 Å².